The highest BCUT2D eigenvalue weighted by Crippen LogP contribution is 2.52. The highest BCUT2D eigenvalue weighted by Gasteiger charge is 2.33. The molecule has 4 aromatic heterocycles. The van der Waals surface area contributed by atoms with Crippen LogP contribution in [0.3, 0.4) is 0 Å². The molecule has 8 aromatic carbocycles. The van der Waals surface area contributed by atoms with Gasteiger partial charge in [0, 0.05) is 60.1 Å². The van der Waals surface area contributed by atoms with Gasteiger partial charge >= 0.3 is 0 Å². The molecule has 0 bridgehead atoms. The third kappa shape index (κ3) is 3.59. The van der Waals surface area contributed by atoms with Crippen LogP contribution >= 0.6 is 0 Å². The van der Waals surface area contributed by atoms with Gasteiger partial charge in [-0.05, 0) is 76.3 Å². The maximum Gasteiger partial charge on any atom is 0.143 e. The number of hydrogen-bond acceptors (Lipinski definition) is 4. The normalized spacial score (nSPS) is 14.2. The van der Waals surface area contributed by atoms with Crippen molar-refractivity contribution in [3.05, 3.63) is 168 Å². The fourth-order valence-corrected chi connectivity index (χ4v) is 9.30. The minimum Gasteiger partial charge on any atom is -0.456 e. The SMILES string of the molecule is c1ccc2c(c1)-c1cc3c(cc1C2c1cccc2c1oc1ccc4oc5cc(-c6cccc7c6oc6ccccc67)ccc5c4c12)oc1ccccc13. The van der Waals surface area contributed by atoms with E-state index in [1.54, 1.807) is 0 Å². The highest BCUT2D eigenvalue weighted by molar-refractivity contribution is 6.26. The van der Waals surface area contributed by atoms with Crippen LogP contribution in [0.2, 0.25) is 0 Å². The van der Waals surface area contributed by atoms with Crippen molar-refractivity contribution >= 4 is 87.8 Å². The van der Waals surface area contributed by atoms with Crippen molar-refractivity contribution in [3.63, 3.8) is 0 Å². The van der Waals surface area contributed by atoms with Gasteiger partial charge in [-0.1, -0.05) is 103 Å². The Morgan fingerprint density at radius 3 is 1.83 bits per heavy atom. The minimum absolute atomic E-state index is 0.0109. The summed E-state index contributed by atoms with van der Waals surface area (Å²) < 4.78 is 26.3. The number of rotatable bonds is 2. The van der Waals surface area contributed by atoms with Gasteiger partial charge in [0.2, 0.25) is 0 Å². The summed E-state index contributed by atoms with van der Waals surface area (Å²) in [5, 5.41) is 8.79. The summed E-state index contributed by atoms with van der Waals surface area (Å²) in [4.78, 5) is 0. The number of benzene rings is 8. The molecule has 0 amide bonds. The first-order valence-electron chi connectivity index (χ1n) is 18.0. The molecule has 0 fully saturated rings. The van der Waals surface area contributed by atoms with Crippen LogP contribution in [-0.4, -0.2) is 0 Å². The molecule has 4 heterocycles. The highest BCUT2D eigenvalue weighted by atomic mass is 16.3. The first kappa shape index (κ1) is 27.7. The molecule has 1 atom stereocenters. The molecule has 13 rings (SSSR count). The Morgan fingerprint density at radius 1 is 0.302 bits per heavy atom. The van der Waals surface area contributed by atoms with E-state index in [1.165, 1.54) is 22.3 Å². The van der Waals surface area contributed by atoms with Crippen molar-refractivity contribution in [1.82, 2.24) is 0 Å². The lowest BCUT2D eigenvalue weighted by molar-refractivity contribution is 0.658. The van der Waals surface area contributed by atoms with E-state index in [9.17, 15) is 0 Å². The molecule has 246 valence electrons. The Morgan fingerprint density at radius 2 is 0.925 bits per heavy atom. The standard InChI is InChI=1S/C49H26O4/c1-2-12-31-28(9-1)36-24-37-30-11-4-5-17-39(30)50-44(37)25-38(36)45(31)34-15-8-16-35-47-42(53-49(34)35)22-21-41-46(47)33-20-19-26(23-43(33)51-41)27-13-7-14-32-29-10-3-6-18-40(29)52-48(27)32/h1-25,45H. The minimum atomic E-state index is -0.0109. The first-order chi connectivity index (χ1) is 26.3. The molecule has 1 unspecified atom stereocenters. The third-order valence-corrected chi connectivity index (χ3v) is 11.6. The molecule has 53 heavy (non-hydrogen) atoms. The van der Waals surface area contributed by atoms with Crippen LogP contribution < -0.4 is 0 Å². The second-order valence-corrected chi connectivity index (χ2v) is 14.3. The van der Waals surface area contributed by atoms with Crippen LogP contribution in [0.15, 0.2) is 169 Å². The topological polar surface area (TPSA) is 52.6 Å². The van der Waals surface area contributed by atoms with Gasteiger partial charge in [0.1, 0.15) is 44.7 Å². The van der Waals surface area contributed by atoms with E-state index < -0.39 is 0 Å². The van der Waals surface area contributed by atoms with E-state index in [0.717, 1.165) is 104 Å². The van der Waals surface area contributed by atoms with Gasteiger partial charge in [-0.3, -0.25) is 0 Å². The van der Waals surface area contributed by atoms with Gasteiger partial charge in [0.15, 0.2) is 0 Å². The zero-order valence-electron chi connectivity index (χ0n) is 28.1. The van der Waals surface area contributed by atoms with Gasteiger partial charge in [-0.25, -0.2) is 0 Å². The summed E-state index contributed by atoms with van der Waals surface area (Å²) in [5.41, 5.74) is 15.2. The van der Waals surface area contributed by atoms with E-state index in [-0.39, 0.29) is 5.92 Å². The summed E-state index contributed by atoms with van der Waals surface area (Å²) in [7, 11) is 0. The number of fused-ring (bicyclic) bond motifs is 16. The number of furan rings is 4. The summed E-state index contributed by atoms with van der Waals surface area (Å²) >= 11 is 0. The Kier molecular flexibility index (Phi) is 5.14. The maximum absolute atomic E-state index is 6.88. The molecule has 4 heteroatoms. The molecule has 0 N–H and O–H groups in total. The van der Waals surface area contributed by atoms with Crippen molar-refractivity contribution in [2.75, 3.05) is 0 Å². The molecular weight excluding hydrogens is 653 g/mol. The van der Waals surface area contributed by atoms with Crippen LogP contribution in [0.4, 0.5) is 0 Å². The Balaban J connectivity index is 1.02. The van der Waals surface area contributed by atoms with Crippen LogP contribution in [0.25, 0.3) is 110 Å². The smallest absolute Gasteiger partial charge is 0.143 e. The van der Waals surface area contributed by atoms with E-state index >= 15 is 0 Å². The van der Waals surface area contributed by atoms with E-state index in [4.69, 9.17) is 17.7 Å². The van der Waals surface area contributed by atoms with Crippen molar-refractivity contribution in [2.24, 2.45) is 0 Å². The summed E-state index contributed by atoms with van der Waals surface area (Å²) in [6, 6.07) is 53.3. The number of para-hydroxylation sites is 4. The summed E-state index contributed by atoms with van der Waals surface area (Å²) in [5.74, 6) is -0.0109. The zero-order valence-corrected chi connectivity index (χ0v) is 28.1. The van der Waals surface area contributed by atoms with Crippen molar-refractivity contribution < 1.29 is 17.7 Å². The lowest BCUT2D eigenvalue weighted by Gasteiger charge is -2.14. The maximum atomic E-state index is 6.88. The van der Waals surface area contributed by atoms with Gasteiger partial charge in [-0.15, -0.1) is 0 Å². The van der Waals surface area contributed by atoms with Gasteiger partial charge in [0.25, 0.3) is 0 Å². The van der Waals surface area contributed by atoms with Gasteiger partial charge in [0.05, 0.1) is 0 Å². The van der Waals surface area contributed by atoms with Crippen LogP contribution in [0.5, 0.6) is 0 Å². The first-order valence-corrected chi connectivity index (χ1v) is 18.0. The average Bonchev–Trinajstić information content (AvgIpc) is 4.01. The van der Waals surface area contributed by atoms with E-state index in [1.807, 2.05) is 36.4 Å². The molecule has 0 aliphatic heterocycles. The number of hydrogen-bond donors (Lipinski definition) is 0. The molecular formula is C49H26O4. The van der Waals surface area contributed by atoms with Crippen LogP contribution in [-0.2, 0) is 0 Å². The van der Waals surface area contributed by atoms with Crippen LogP contribution in [0, 0.1) is 0 Å². The van der Waals surface area contributed by atoms with Crippen molar-refractivity contribution in [1.29, 1.82) is 0 Å². The quantitative estimate of drug-likeness (QED) is 0.183. The second-order valence-electron chi connectivity index (χ2n) is 14.3. The molecule has 0 radical (unpaired) electrons. The largest absolute Gasteiger partial charge is 0.456 e. The third-order valence-electron chi connectivity index (χ3n) is 11.6. The van der Waals surface area contributed by atoms with Gasteiger partial charge < -0.3 is 17.7 Å². The van der Waals surface area contributed by atoms with Crippen molar-refractivity contribution in [2.45, 2.75) is 5.92 Å². The molecule has 0 saturated heterocycles. The molecule has 1 aliphatic carbocycles. The predicted octanol–water partition coefficient (Wildman–Crippen LogP) is 14.1. The Bertz CT molecular complexity index is 3530. The fourth-order valence-electron chi connectivity index (χ4n) is 9.30. The lowest BCUT2D eigenvalue weighted by atomic mass is 9.88. The second kappa shape index (κ2) is 9.84. The fraction of sp³-hybridized carbons (Fsp3) is 0.0204. The van der Waals surface area contributed by atoms with Crippen molar-refractivity contribution in [3.8, 4) is 22.3 Å². The van der Waals surface area contributed by atoms with Crippen LogP contribution in [0.1, 0.15) is 22.6 Å². The van der Waals surface area contributed by atoms with E-state index in [0.29, 0.717) is 0 Å². The Hall–Kier alpha value is -7.04. The molecule has 0 saturated carbocycles. The van der Waals surface area contributed by atoms with Gasteiger partial charge in [-0.2, -0.15) is 0 Å². The molecule has 0 spiro atoms. The molecule has 4 nitrogen and oxygen atoms in total. The van der Waals surface area contributed by atoms with E-state index in [2.05, 4.69) is 115 Å². The summed E-state index contributed by atoms with van der Waals surface area (Å²) in [6.07, 6.45) is 0. The molecule has 12 aromatic rings. The zero-order chi connectivity index (χ0) is 34.4. The Labute approximate surface area is 301 Å². The average molecular weight is 679 g/mol. The summed E-state index contributed by atoms with van der Waals surface area (Å²) in [6.45, 7) is 0. The molecule has 1 aliphatic rings. The predicted molar refractivity (Wildman–Crippen MR) is 214 cm³/mol. The monoisotopic (exact) mass is 678 g/mol. The lowest BCUT2D eigenvalue weighted by Crippen LogP contribution is -1.99.